The summed E-state index contributed by atoms with van der Waals surface area (Å²) in [7, 11) is 0. The van der Waals surface area contributed by atoms with Gasteiger partial charge in [0, 0.05) is 17.2 Å². The molecule has 3 heteroatoms. The third-order valence-electron chi connectivity index (χ3n) is 4.00. The Hall–Kier alpha value is -1.77. The molecule has 0 saturated heterocycles. The number of aromatic amines is 1. The van der Waals surface area contributed by atoms with Crippen LogP contribution in [0.25, 0.3) is 11.1 Å². The van der Waals surface area contributed by atoms with Crippen LogP contribution >= 0.6 is 0 Å². The van der Waals surface area contributed by atoms with E-state index in [4.69, 9.17) is 5.73 Å². The van der Waals surface area contributed by atoms with Crippen molar-refractivity contribution < 1.29 is 0 Å². The second-order valence-corrected chi connectivity index (χ2v) is 5.19. The molecule has 0 amide bonds. The Labute approximate surface area is 107 Å². The van der Waals surface area contributed by atoms with Gasteiger partial charge in [-0.15, -0.1) is 0 Å². The maximum absolute atomic E-state index is 6.07. The molecule has 1 aliphatic carbocycles. The van der Waals surface area contributed by atoms with E-state index < -0.39 is 0 Å². The summed E-state index contributed by atoms with van der Waals surface area (Å²) in [6, 6.07) is 8.38. The maximum atomic E-state index is 6.07. The highest BCUT2D eigenvalue weighted by atomic mass is 15.2. The Bertz CT molecular complexity index is 551. The lowest BCUT2D eigenvalue weighted by Crippen LogP contribution is -1.97. The molecule has 3 rings (SSSR count). The van der Waals surface area contributed by atoms with Crippen molar-refractivity contribution in [2.45, 2.75) is 38.5 Å². The van der Waals surface area contributed by atoms with E-state index in [0.717, 1.165) is 5.56 Å². The van der Waals surface area contributed by atoms with Crippen LogP contribution in [0, 0.1) is 6.92 Å². The van der Waals surface area contributed by atoms with Crippen molar-refractivity contribution >= 4 is 5.82 Å². The molecule has 2 aromatic rings. The van der Waals surface area contributed by atoms with Crippen LogP contribution < -0.4 is 5.73 Å². The van der Waals surface area contributed by atoms with Gasteiger partial charge in [0.15, 0.2) is 5.82 Å². The predicted octanol–water partition coefficient (Wildman–Crippen LogP) is 3.62. The first-order valence-corrected chi connectivity index (χ1v) is 6.67. The monoisotopic (exact) mass is 241 g/mol. The van der Waals surface area contributed by atoms with Crippen LogP contribution in [0.4, 0.5) is 5.82 Å². The molecule has 0 bridgehead atoms. The van der Waals surface area contributed by atoms with Crippen LogP contribution in [0.3, 0.4) is 0 Å². The first-order chi connectivity index (χ1) is 8.77. The number of aryl methyl sites for hydroxylation is 1. The molecule has 0 atom stereocenters. The predicted molar refractivity (Wildman–Crippen MR) is 74.4 cm³/mol. The number of nitrogen functional groups attached to an aromatic ring is 1. The molecule has 1 fully saturated rings. The molecule has 94 valence electrons. The van der Waals surface area contributed by atoms with Gasteiger partial charge in [-0.1, -0.05) is 37.1 Å². The molecule has 0 radical (unpaired) electrons. The van der Waals surface area contributed by atoms with Gasteiger partial charge in [0.05, 0.1) is 0 Å². The first kappa shape index (κ1) is 11.3. The van der Waals surface area contributed by atoms with E-state index >= 15 is 0 Å². The summed E-state index contributed by atoms with van der Waals surface area (Å²) in [4.78, 5) is 0. The van der Waals surface area contributed by atoms with Gasteiger partial charge in [-0.25, -0.2) is 0 Å². The normalized spacial score (nSPS) is 16.3. The number of rotatable bonds is 2. The summed E-state index contributed by atoms with van der Waals surface area (Å²) in [6.07, 6.45) is 5.13. The van der Waals surface area contributed by atoms with E-state index in [2.05, 4.69) is 41.4 Å². The van der Waals surface area contributed by atoms with E-state index in [0.29, 0.717) is 11.7 Å². The van der Waals surface area contributed by atoms with Crippen LogP contribution in [-0.4, -0.2) is 10.2 Å². The van der Waals surface area contributed by atoms with Crippen LogP contribution in [-0.2, 0) is 0 Å². The van der Waals surface area contributed by atoms with Gasteiger partial charge in [-0.2, -0.15) is 5.10 Å². The molecule has 1 aliphatic rings. The zero-order valence-electron chi connectivity index (χ0n) is 10.7. The number of anilines is 1. The maximum Gasteiger partial charge on any atom is 0.153 e. The summed E-state index contributed by atoms with van der Waals surface area (Å²) < 4.78 is 0. The summed E-state index contributed by atoms with van der Waals surface area (Å²) in [5.41, 5.74) is 10.9. The lowest BCUT2D eigenvalue weighted by Gasteiger charge is -2.12. The van der Waals surface area contributed by atoms with Gasteiger partial charge in [-0.3, -0.25) is 5.10 Å². The van der Waals surface area contributed by atoms with Crippen molar-refractivity contribution in [1.29, 1.82) is 0 Å². The van der Waals surface area contributed by atoms with Gasteiger partial charge in [0.1, 0.15) is 0 Å². The molecule has 3 N–H and O–H groups in total. The van der Waals surface area contributed by atoms with Crippen LogP contribution in [0.15, 0.2) is 24.3 Å². The summed E-state index contributed by atoms with van der Waals surface area (Å²) in [5.74, 6) is 1.23. The topological polar surface area (TPSA) is 54.7 Å². The largest absolute Gasteiger partial charge is 0.382 e. The Kier molecular flexibility index (Phi) is 2.82. The van der Waals surface area contributed by atoms with E-state index in [1.54, 1.807) is 0 Å². The Balaban J connectivity index is 2.11. The first-order valence-electron chi connectivity index (χ1n) is 6.67. The molecule has 1 heterocycles. The number of H-pyrrole nitrogens is 1. The van der Waals surface area contributed by atoms with Crippen LogP contribution in [0.5, 0.6) is 0 Å². The molecule has 18 heavy (non-hydrogen) atoms. The molecule has 1 aromatic carbocycles. The molecular weight excluding hydrogens is 222 g/mol. The third kappa shape index (κ3) is 1.80. The molecule has 1 saturated carbocycles. The number of nitrogens with two attached hydrogens (primary N) is 1. The highest BCUT2D eigenvalue weighted by molar-refractivity contribution is 5.78. The minimum atomic E-state index is 0.601. The molecule has 1 aromatic heterocycles. The molecule has 0 aliphatic heterocycles. The average Bonchev–Trinajstić information content (AvgIpc) is 2.99. The van der Waals surface area contributed by atoms with Crippen molar-refractivity contribution in [3.8, 4) is 11.1 Å². The van der Waals surface area contributed by atoms with E-state index in [1.165, 1.54) is 42.5 Å². The zero-order chi connectivity index (χ0) is 12.5. The van der Waals surface area contributed by atoms with Gasteiger partial charge >= 0.3 is 0 Å². The summed E-state index contributed by atoms with van der Waals surface area (Å²) in [5, 5.41) is 7.40. The second kappa shape index (κ2) is 4.48. The van der Waals surface area contributed by atoms with Gasteiger partial charge in [-0.05, 0) is 30.9 Å². The lowest BCUT2D eigenvalue weighted by molar-refractivity contribution is 0.694. The fraction of sp³-hybridized carbons (Fsp3) is 0.400. The second-order valence-electron chi connectivity index (χ2n) is 5.19. The smallest absolute Gasteiger partial charge is 0.153 e. The number of benzene rings is 1. The summed E-state index contributed by atoms with van der Waals surface area (Å²) in [6.45, 7) is 2.13. The number of nitrogens with one attached hydrogen (secondary N) is 1. The van der Waals surface area contributed by atoms with Gasteiger partial charge < -0.3 is 5.73 Å². The van der Waals surface area contributed by atoms with Crippen LogP contribution in [0.2, 0.25) is 0 Å². The highest BCUT2D eigenvalue weighted by Crippen LogP contribution is 2.40. The van der Waals surface area contributed by atoms with Crippen LogP contribution in [0.1, 0.15) is 42.9 Å². The SMILES string of the molecule is Cc1ccccc1-c1c(N)n[nH]c1C1CCCC1. The lowest BCUT2D eigenvalue weighted by atomic mass is 9.93. The minimum Gasteiger partial charge on any atom is -0.382 e. The van der Waals surface area contributed by atoms with Crippen molar-refractivity contribution in [3.05, 3.63) is 35.5 Å². The number of nitrogens with zero attached hydrogens (tertiary/aromatic N) is 1. The Morgan fingerprint density at radius 3 is 2.67 bits per heavy atom. The number of hydrogen-bond donors (Lipinski definition) is 2. The minimum absolute atomic E-state index is 0.601. The summed E-state index contributed by atoms with van der Waals surface area (Å²) >= 11 is 0. The van der Waals surface area contributed by atoms with Crippen molar-refractivity contribution in [2.24, 2.45) is 0 Å². The highest BCUT2D eigenvalue weighted by Gasteiger charge is 2.24. The third-order valence-corrected chi connectivity index (χ3v) is 4.00. The standard InChI is InChI=1S/C15H19N3/c1-10-6-2-5-9-12(10)13-14(17-18-15(13)16)11-7-3-4-8-11/h2,5-6,9,11H,3-4,7-8H2,1H3,(H3,16,17,18). The molecule has 0 unspecified atom stereocenters. The van der Waals surface area contributed by atoms with E-state index in [9.17, 15) is 0 Å². The van der Waals surface area contributed by atoms with Crippen molar-refractivity contribution in [2.75, 3.05) is 5.73 Å². The van der Waals surface area contributed by atoms with Gasteiger partial charge in [0.25, 0.3) is 0 Å². The molecular formula is C15H19N3. The molecule has 0 spiro atoms. The fourth-order valence-electron chi connectivity index (χ4n) is 3.02. The van der Waals surface area contributed by atoms with Crippen molar-refractivity contribution in [1.82, 2.24) is 10.2 Å². The quantitative estimate of drug-likeness (QED) is 0.843. The van der Waals surface area contributed by atoms with Crippen molar-refractivity contribution in [3.63, 3.8) is 0 Å². The Morgan fingerprint density at radius 2 is 1.94 bits per heavy atom. The number of hydrogen-bond acceptors (Lipinski definition) is 2. The van der Waals surface area contributed by atoms with E-state index in [-0.39, 0.29) is 0 Å². The van der Waals surface area contributed by atoms with Gasteiger partial charge in [0.2, 0.25) is 0 Å². The zero-order valence-corrected chi connectivity index (χ0v) is 10.7. The average molecular weight is 241 g/mol. The number of aromatic nitrogens is 2. The molecule has 3 nitrogen and oxygen atoms in total. The van der Waals surface area contributed by atoms with E-state index in [1.807, 2.05) is 0 Å². The fourth-order valence-corrected chi connectivity index (χ4v) is 3.02. The Morgan fingerprint density at radius 1 is 1.22 bits per heavy atom.